The van der Waals surface area contributed by atoms with Gasteiger partial charge in [0.25, 0.3) is 0 Å². The van der Waals surface area contributed by atoms with Crippen LogP contribution in [-0.4, -0.2) is 25.6 Å². The number of hydrogen-bond acceptors (Lipinski definition) is 5. The number of aromatic nitrogens is 1. The molecule has 0 atom stereocenters. The topological polar surface area (TPSA) is 97.4 Å². The van der Waals surface area contributed by atoms with Crippen molar-refractivity contribution in [3.8, 4) is 0 Å². The number of carbonyl (C=O) groups excluding carboxylic acids is 1. The number of carbonyl (C=O) groups is 1. The minimum absolute atomic E-state index is 0.111. The number of nitrogens with one attached hydrogen (secondary N) is 2. The lowest BCUT2D eigenvalue weighted by atomic mass is 10.5. The molecule has 0 aliphatic rings. The summed E-state index contributed by atoms with van der Waals surface area (Å²) in [5.41, 5.74) is 0. The largest absolute Gasteiger partial charge is 0.446 e. The zero-order valence-electron chi connectivity index (χ0n) is 9.68. The maximum atomic E-state index is 11.5. The van der Waals surface area contributed by atoms with Crippen LogP contribution in [0.3, 0.4) is 0 Å². The first kappa shape index (κ1) is 15.0. The van der Waals surface area contributed by atoms with Crippen molar-refractivity contribution >= 4 is 44.7 Å². The summed E-state index contributed by atoms with van der Waals surface area (Å²) in [5.74, 6) is 0.111. The van der Waals surface area contributed by atoms with Crippen LogP contribution in [0.5, 0.6) is 0 Å². The molecule has 1 aromatic heterocycles. The first-order chi connectivity index (χ1) is 8.28. The molecular formula is C9H12IN3O4S. The van der Waals surface area contributed by atoms with Crippen LogP contribution < -0.4 is 9.44 Å². The Morgan fingerprint density at radius 2 is 2.11 bits per heavy atom. The molecule has 0 aromatic carbocycles. The molecule has 0 spiro atoms. The average Bonchev–Trinajstić information content (AvgIpc) is 2.18. The third-order valence-corrected chi connectivity index (χ3v) is 3.08. The van der Waals surface area contributed by atoms with Crippen molar-refractivity contribution in [1.82, 2.24) is 9.71 Å². The molecule has 7 nitrogen and oxygen atoms in total. The van der Waals surface area contributed by atoms with Crippen molar-refractivity contribution in [3.05, 3.63) is 21.9 Å². The van der Waals surface area contributed by atoms with Gasteiger partial charge in [0.05, 0.1) is 6.10 Å². The molecule has 1 rings (SSSR count). The molecule has 0 saturated carbocycles. The first-order valence-corrected chi connectivity index (χ1v) is 7.47. The molecule has 1 heterocycles. The average molecular weight is 385 g/mol. The molecule has 1 aromatic rings. The summed E-state index contributed by atoms with van der Waals surface area (Å²) in [7, 11) is -4.03. The van der Waals surface area contributed by atoms with E-state index in [-0.39, 0.29) is 5.82 Å². The normalized spacial score (nSPS) is 11.1. The highest BCUT2D eigenvalue weighted by Crippen LogP contribution is 2.08. The van der Waals surface area contributed by atoms with E-state index in [9.17, 15) is 13.2 Å². The molecule has 18 heavy (non-hydrogen) atoms. The number of anilines is 1. The van der Waals surface area contributed by atoms with Crippen LogP contribution in [-0.2, 0) is 14.9 Å². The van der Waals surface area contributed by atoms with E-state index in [1.54, 1.807) is 24.6 Å². The van der Waals surface area contributed by atoms with E-state index in [1.807, 2.05) is 22.6 Å². The highest BCUT2D eigenvalue weighted by Gasteiger charge is 2.16. The summed E-state index contributed by atoms with van der Waals surface area (Å²) >= 11 is 2.04. The molecular weight excluding hydrogens is 373 g/mol. The van der Waals surface area contributed by atoms with Crippen molar-refractivity contribution < 1.29 is 17.9 Å². The Labute approximate surface area is 119 Å². The van der Waals surface area contributed by atoms with Gasteiger partial charge in [0, 0.05) is 9.77 Å². The lowest BCUT2D eigenvalue weighted by Gasteiger charge is -2.10. The number of nitrogens with zero attached hydrogens (tertiary/aromatic N) is 1. The number of ether oxygens (including phenoxy) is 1. The van der Waals surface area contributed by atoms with E-state index in [1.165, 1.54) is 12.3 Å². The van der Waals surface area contributed by atoms with Gasteiger partial charge in [-0.25, -0.2) is 14.5 Å². The Morgan fingerprint density at radius 1 is 1.44 bits per heavy atom. The van der Waals surface area contributed by atoms with Crippen molar-refractivity contribution in [1.29, 1.82) is 0 Å². The highest BCUT2D eigenvalue weighted by atomic mass is 127. The Kier molecular flexibility index (Phi) is 5.14. The van der Waals surface area contributed by atoms with Crippen molar-refractivity contribution in [2.75, 3.05) is 4.72 Å². The smallest absolute Gasteiger partial charge is 0.422 e. The fourth-order valence-corrected chi connectivity index (χ4v) is 1.98. The Balaban J connectivity index is 2.65. The van der Waals surface area contributed by atoms with Gasteiger partial charge in [-0.2, -0.15) is 8.42 Å². The van der Waals surface area contributed by atoms with Crippen LogP contribution in [0.15, 0.2) is 18.3 Å². The maximum absolute atomic E-state index is 11.5. The first-order valence-electron chi connectivity index (χ1n) is 4.91. The van der Waals surface area contributed by atoms with Gasteiger partial charge >= 0.3 is 16.3 Å². The van der Waals surface area contributed by atoms with Crippen LogP contribution in [0, 0.1) is 3.57 Å². The van der Waals surface area contributed by atoms with Crippen LogP contribution in [0.2, 0.25) is 0 Å². The summed E-state index contributed by atoms with van der Waals surface area (Å²) in [6.45, 7) is 3.22. The summed E-state index contributed by atoms with van der Waals surface area (Å²) in [5, 5.41) is 0. The highest BCUT2D eigenvalue weighted by molar-refractivity contribution is 14.1. The molecule has 0 aliphatic heterocycles. The molecule has 1 amide bonds. The number of pyridine rings is 1. The van der Waals surface area contributed by atoms with E-state index in [0.29, 0.717) is 0 Å². The van der Waals surface area contributed by atoms with Gasteiger partial charge in [-0.1, -0.05) is 0 Å². The number of rotatable bonds is 4. The summed E-state index contributed by atoms with van der Waals surface area (Å²) in [6, 6.07) is 3.16. The maximum Gasteiger partial charge on any atom is 0.422 e. The molecule has 0 aliphatic carbocycles. The summed E-state index contributed by atoms with van der Waals surface area (Å²) in [6.07, 6.45) is 0.0461. The molecule has 0 bridgehead atoms. The van der Waals surface area contributed by atoms with Gasteiger partial charge in [-0.15, -0.1) is 0 Å². The minimum Gasteiger partial charge on any atom is -0.446 e. The molecule has 2 N–H and O–H groups in total. The second kappa shape index (κ2) is 6.18. The molecule has 0 fully saturated rings. The molecule has 0 saturated heterocycles. The van der Waals surface area contributed by atoms with Gasteiger partial charge < -0.3 is 4.74 Å². The number of hydrogen-bond donors (Lipinski definition) is 2. The molecule has 100 valence electrons. The van der Waals surface area contributed by atoms with Gasteiger partial charge in [-0.3, -0.25) is 4.72 Å². The predicted octanol–water partition coefficient (Wildman–Crippen LogP) is 1.48. The second-order valence-electron chi connectivity index (χ2n) is 3.52. The second-order valence-corrected chi connectivity index (χ2v) is 6.18. The van der Waals surface area contributed by atoms with E-state index in [0.717, 1.165) is 3.57 Å². The third kappa shape index (κ3) is 5.49. The SMILES string of the molecule is CC(C)OC(=O)NS(=O)(=O)Nc1ccc(I)cn1. The quantitative estimate of drug-likeness (QED) is 0.766. The van der Waals surface area contributed by atoms with Gasteiger partial charge in [0.1, 0.15) is 5.82 Å². The van der Waals surface area contributed by atoms with E-state index in [4.69, 9.17) is 0 Å². The third-order valence-electron chi connectivity index (χ3n) is 1.53. The predicted molar refractivity (Wildman–Crippen MR) is 74.2 cm³/mol. The van der Waals surface area contributed by atoms with Crippen molar-refractivity contribution in [2.45, 2.75) is 20.0 Å². The van der Waals surface area contributed by atoms with Crippen LogP contribution >= 0.6 is 22.6 Å². The summed E-state index contributed by atoms with van der Waals surface area (Å²) < 4.78 is 32.3. The van der Waals surface area contributed by atoms with Gasteiger partial charge in [-0.05, 0) is 48.6 Å². The minimum atomic E-state index is -4.03. The Bertz CT molecular complexity index is 515. The molecule has 0 radical (unpaired) electrons. The Hall–Kier alpha value is -1.10. The van der Waals surface area contributed by atoms with Crippen LogP contribution in [0.4, 0.5) is 10.6 Å². The fourth-order valence-electron chi connectivity index (χ4n) is 0.947. The van der Waals surface area contributed by atoms with E-state index in [2.05, 4.69) is 14.4 Å². The molecule has 0 unspecified atom stereocenters. The zero-order chi connectivity index (χ0) is 13.8. The van der Waals surface area contributed by atoms with E-state index < -0.39 is 22.4 Å². The van der Waals surface area contributed by atoms with Crippen LogP contribution in [0.25, 0.3) is 0 Å². The van der Waals surface area contributed by atoms with Gasteiger partial charge in [0.15, 0.2) is 0 Å². The monoisotopic (exact) mass is 385 g/mol. The fraction of sp³-hybridized carbons (Fsp3) is 0.333. The van der Waals surface area contributed by atoms with Crippen LogP contribution in [0.1, 0.15) is 13.8 Å². The van der Waals surface area contributed by atoms with Crippen molar-refractivity contribution in [3.63, 3.8) is 0 Å². The summed E-state index contributed by atoms with van der Waals surface area (Å²) in [4.78, 5) is 15.0. The lowest BCUT2D eigenvalue weighted by molar-refractivity contribution is 0.121. The standard InChI is InChI=1S/C9H12IN3O4S/c1-6(2)17-9(14)13-18(15,16)12-8-4-3-7(10)5-11-8/h3-6H,1-2H3,(H,11,12)(H,13,14). The lowest BCUT2D eigenvalue weighted by Crippen LogP contribution is -2.37. The number of amides is 1. The van der Waals surface area contributed by atoms with E-state index >= 15 is 0 Å². The Morgan fingerprint density at radius 3 is 2.61 bits per heavy atom. The zero-order valence-corrected chi connectivity index (χ0v) is 12.6. The van der Waals surface area contributed by atoms with Gasteiger partial charge in [0.2, 0.25) is 0 Å². The van der Waals surface area contributed by atoms with Crippen molar-refractivity contribution in [2.24, 2.45) is 0 Å². The number of halogens is 1. The molecule has 9 heteroatoms.